The Balaban J connectivity index is 1.62. The molecule has 182 valence electrons. The van der Waals surface area contributed by atoms with E-state index in [1.165, 1.54) is 0 Å². The molecule has 0 saturated carbocycles. The average Bonchev–Trinajstić information content (AvgIpc) is 2.80. The van der Waals surface area contributed by atoms with Crippen LogP contribution in [0.4, 0.5) is 0 Å². The Labute approximate surface area is 186 Å². The van der Waals surface area contributed by atoms with Crippen molar-refractivity contribution >= 4 is 0 Å². The molecule has 1 aromatic carbocycles. The van der Waals surface area contributed by atoms with Gasteiger partial charge in [-0.15, -0.1) is 0 Å². The minimum Gasteiger partial charge on any atom is -0.493 e. The number of aliphatic hydroxyl groups is 7. The number of hydrogen-bond acceptors (Lipinski definition) is 10. The van der Waals surface area contributed by atoms with Crippen LogP contribution in [0.2, 0.25) is 0 Å². The van der Waals surface area contributed by atoms with Crippen LogP contribution in [-0.2, 0) is 9.47 Å². The standard InChI is InChI=1S/C21H33NO10/c23-10-13-20(32-21-19(29)18(28)17(27)15(11-24)31-21)16(26)14(25)9-22(13)7-4-8-30-12-5-2-1-3-6-12/h1-3,5-6,13-21,23-29H,4,7-11H2/p+1/t13-,14+,15-,16-,17-,18+,19-,20-,21-/m1/s1. The first-order valence-electron chi connectivity index (χ1n) is 10.8. The van der Waals surface area contributed by atoms with Crippen molar-refractivity contribution in [2.45, 2.75) is 61.5 Å². The third-order valence-corrected chi connectivity index (χ3v) is 6.11. The van der Waals surface area contributed by atoms with Gasteiger partial charge >= 0.3 is 0 Å². The number of likely N-dealkylation sites (tertiary alicyclic amines) is 1. The van der Waals surface area contributed by atoms with Gasteiger partial charge in [0.15, 0.2) is 6.29 Å². The van der Waals surface area contributed by atoms with Crippen LogP contribution in [0.15, 0.2) is 30.3 Å². The molecule has 0 bridgehead atoms. The van der Waals surface area contributed by atoms with Gasteiger partial charge in [-0.2, -0.15) is 0 Å². The Morgan fingerprint density at radius 1 is 0.906 bits per heavy atom. The molecule has 2 aliphatic heterocycles. The fraction of sp³-hybridized carbons (Fsp3) is 0.714. The van der Waals surface area contributed by atoms with Crippen LogP contribution in [0, 0.1) is 0 Å². The fourth-order valence-corrected chi connectivity index (χ4v) is 4.27. The van der Waals surface area contributed by atoms with Gasteiger partial charge in [-0.3, -0.25) is 0 Å². The van der Waals surface area contributed by atoms with Gasteiger partial charge in [-0.1, -0.05) is 18.2 Å². The summed E-state index contributed by atoms with van der Waals surface area (Å²) in [5.74, 6) is 0.735. The zero-order valence-electron chi connectivity index (χ0n) is 17.7. The molecule has 11 heteroatoms. The highest BCUT2D eigenvalue weighted by atomic mass is 16.7. The van der Waals surface area contributed by atoms with E-state index >= 15 is 0 Å². The predicted octanol–water partition coefficient (Wildman–Crippen LogP) is -4.38. The molecule has 2 aliphatic rings. The maximum absolute atomic E-state index is 10.5. The molecule has 0 radical (unpaired) electrons. The largest absolute Gasteiger partial charge is 0.493 e. The Hall–Kier alpha value is -1.38. The Morgan fingerprint density at radius 3 is 2.28 bits per heavy atom. The van der Waals surface area contributed by atoms with Gasteiger partial charge in [0.25, 0.3) is 0 Å². The van der Waals surface area contributed by atoms with Crippen LogP contribution < -0.4 is 9.64 Å². The molecule has 11 nitrogen and oxygen atoms in total. The molecule has 1 aromatic rings. The molecule has 8 N–H and O–H groups in total. The normalized spacial score (nSPS) is 40.2. The van der Waals surface area contributed by atoms with Crippen molar-refractivity contribution < 1.29 is 54.9 Å². The number of piperidine rings is 1. The number of quaternary nitrogens is 1. The summed E-state index contributed by atoms with van der Waals surface area (Å²) in [7, 11) is 0. The molecule has 0 aliphatic carbocycles. The first kappa shape index (κ1) is 25.2. The molecule has 2 fully saturated rings. The molecular formula is C21H34NO10+. The second-order valence-corrected chi connectivity index (χ2v) is 8.27. The topological polar surface area (TPSA) is 174 Å². The molecule has 0 spiro atoms. The monoisotopic (exact) mass is 460 g/mol. The van der Waals surface area contributed by atoms with E-state index in [0.717, 1.165) is 10.6 Å². The van der Waals surface area contributed by atoms with E-state index in [-0.39, 0.29) is 13.2 Å². The summed E-state index contributed by atoms with van der Waals surface area (Å²) in [5.41, 5.74) is 0. The summed E-state index contributed by atoms with van der Waals surface area (Å²) in [6.07, 6.45) is -10.5. The highest BCUT2D eigenvalue weighted by Crippen LogP contribution is 2.25. The predicted molar refractivity (Wildman–Crippen MR) is 109 cm³/mol. The summed E-state index contributed by atoms with van der Waals surface area (Å²) in [5, 5.41) is 70.4. The van der Waals surface area contributed by atoms with Crippen LogP contribution >= 0.6 is 0 Å². The lowest BCUT2D eigenvalue weighted by atomic mass is 9.93. The number of nitrogens with one attached hydrogen (secondary N) is 1. The van der Waals surface area contributed by atoms with Crippen LogP contribution in [0.3, 0.4) is 0 Å². The Morgan fingerprint density at radius 2 is 1.62 bits per heavy atom. The maximum Gasteiger partial charge on any atom is 0.187 e. The zero-order valence-corrected chi connectivity index (χ0v) is 17.7. The summed E-state index contributed by atoms with van der Waals surface area (Å²) in [4.78, 5) is 0.775. The van der Waals surface area contributed by atoms with Crippen LogP contribution in [0.5, 0.6) is 5.75 Å². The lowest BCUT2D eigenvalue weighted by molar-refractivity contribution is -0.940. The van der Waals surface area contributed by atoms with E-state index in [4.69, 9.17) is 14.2 Å². The highest BCUT2D eigenvalue weighted by Gasteiger charge is 2.51. The van der Waals surface area contributed by atoms with E-state index in [1.807, 2.05) is 30.3 Å². The van der Waals surface area contributed by atoms with Crippen molar-refractivity contribution in [1.29, 1.82) is 0 Å². The van der Waals surface area contributed by atoms with Crippen LogP contribution in [0.1, 0.15) is 6.42 Å². The summed E-state index contributed by atoms with van der Waals surface area (Å²) in [6, 6.07) is 8.65. The van der Waals surface area contributed by atoms with Gasteiger partial charge < -0.3 is 54.9 Å². The third-order valence-electron chi connectivity index (χ3n) is 6.11. The maximum atomic E-state index is 10.5. The smallest absolute Gasteiger partial charge is 0.187 e. The number of ether oxygens (including phenoxy) is 3. The number of para-hydroxylation sites is 1. The van der Waals surface area contributed by atoms with E-state index in [1.54, 1.807) is 0 Å². The van der Waals surface area contributed by atoms with E-state index in [0.29, 0.717) is 19.6 Å². The minimum atomic E-state index is -1.65. The van der Waals surface area contributed by atoms with Gasteiger partial charge in [0.05, 0.1) is 26.4 Å². The first-order valence-corrected chi connectivity index (χ1v) is 10.8. The number of benzene rings is 1. The van der Waals surface area contributed by atoms with E-state index in [9.17, 15) is 35.7 Å². The SMILES string of the molecule is OC[C@@H]1[C@@H](O[C@H]2O[C@H](CO)[C@@H](O)[C@H](O)[C@H]2O)[C@H](O)[C@@H](O)C[NH+]1CCCOc1ccccc1. The zero-order chi connectivity index (χ0) is 23.3. The van der Waals surface area contributed by atoms with Crippen molar-refractivity contribution in [3.05, 3.63) is 30.3 Å². The molecule has 10 atom stereocenters. The molecule has 3 rings (SSSR count). The molecule has 0 aromatic heterocycles. The van der Waals surface area contributed by atoms with Gasteiger partial charge in [-0.05, 0) is 12.1 Å². The second-order valence-electron chi connectivity index (χ2n) is 8.27. The Bertz CT molecular complexity index is 680. The van der Waals surface area contributed by atoms with E-state index < -0.39 is 61.7 Å². The lowest BCUT2D eigenvalue weighted by Crippen LogP contribution is -3.21. The van der Waals surface area contributed by atoms with Gasteiger partial charge in [0.2, 0.25) is 0 Å². The molecular weight excluding hydrogens is 426 g/mol. The number of rotatable bonds is 9. The molecule has 2 heterocycles. The molecule has 32 heavy (non-hydrogen) atoms. The van der Waals surface area contributed by atoms with Crippen molar-refractivity contribution in [3.63, 3.8) is 0 Å². The lowest BCUT2D eigenvalue weighted by Gasteiger charge is -2.46. The van der Waals surface area contributed by atoms with Crippen molar-refractivity contribution in [3.8, 4) is 5.75 Å². The minimum absolute atomic E-state index is 0.173. The van der Waals surface area contributed by atoms with Gasteiger partial charge in [0, 0.05) is 6.42 Å². The second kappa shape index (κ2) is 11.7. The van der Waals surface area contributed by atoms with Crippen LogP contribution in [-0.4, -0.2) is 124 Å². The molecule has 0 amide bonds. The average molecular weight is 461 g/mol. The summed E-state index contributed by atoms with van der Waals surface area (Å²) >= 11 is 0. The van der Waals surface area contributed by atoms with Crippen molar-refractivity contribution in [2.24, 2.45) is 0 Å². The summed E-state index contributed by atoms with van der Waals surface area (Å²) < 4.78 is 16.7. The summed E-state index contributed by atoms with van der Waals surface area (Å²) in [6.45, 7) is 0.106. The first-order chi connectivity index (χ1) is 15.4. The molecule has 2 saturated heterocycles. The number of hydrogen-bond donors (Lipinski definition) is 8. The molecule has 1 unspecified atom stereocenters. The van der Waals surface area contributed by atoms with Gasteiger partial charge in [0.1, 0.15) is 61.1 Å². The van der Waals surface area contributed by atoms with E-state index in [2.05, 4.69) is 0 Å². The van der Waals surface area contributed by atoms with Crippen molar-refractivity contribution in [1.82, 2.24) is 0 Å². The number of aliphatic hydroxyl groups excluding tert-OH is 7. The fourth-order valence-electron chi connectivity index (χ4n) is 4.27. The highest BCUT2D eigenvalue weighted by molar-refractivity contribution is 5.20. The third kappa shape index (κ3) is 5.75. The van der Waals surface area contributed by atoms with Crippen molar-refractivity contribution in [2.75, 3.05) is 32.9 Å². The van der Waals surface area contributed by atoms with Crippen LogP contribution in [0.25, 0.3) is 0 Å². The van der Waals surface area contributed by atoms with Gasteiger partial charge in [-0.25, -0.2) is 0 Å². The quantitative estimate of drug-likeness (QED) is 0.168. The Kier molecular flexibility index (Phi) is 9.20.